The smallest absolute Gasteiger partial charge is 0.300 e. The van der Waals surface area contributed by atoms with E-state index < -0.39 is 11.7 Å². The monoisotopic (exact) mass is 263 g/mol. The van der Waals surface area contributed by atoms with Crippen molar-refractivity contribution in [1.82, 2.24) is 14.8 Å². The lowest BCUT2D eigenvalue weighted by atomic mass is 10.1. The molecule has 2 heterocycles. The fraction of sp³-hybridized carbons (Fsp3) is 0.0769. The van der Waals surface area contributed by atoms with E-state index in [1.54, 1.807) is 29.0 Å². The number of nitrogens with zero attached hydrogens (tertiary/aromatic N) is 3. The highest BCUT2D eigenvalue weighted by molar-refractivity contribution is 5.82. The second-order valence-electron chi connectivity index (χ2n) is 4.04. The van der Waals surface area contributed by atoms with Crippen LogP contribution in [-0.2, 0) is 6.18 Å². The molecular weight excluding hydrogens is 255 g/mol. The van der Waals surface area contributed by atoms with Crippen molar-refractivity contribution in [2.24, 2.45) is 0 Å². The summed E-state index contributed by atoms with van der Waals surface area (Å²) in [6, 6.07) is 8.75. The summed E-state index contributed by atoms with van der Waals surface area (Å²) in [7, 11) is 0. The van der Waals surface area contributed by atoms with E-state index in [9.17, 15) is 13.2 Å². The number of aromatic nitrogens is 3. The molecule has 0 saturated carbocycles. The summed E-state index contributed by atoms with van der Waals surface area (Å²) in [5.74, 6) is 0.483. The Morgan fingerprint density at radius 1 is 1.05 bits per heavy atom. The summed E-state index contributed by atoms with van der Waals surface area (Å²) < 4.78 is 39.7. The van der Waals surface area contributed by atoms with Crippen molar-refractivity contribution in [3.05, 3.63) is 54.4 Å². The van der Waals surface area contributed by atoms with Crippen LogP contribution in [0.1, 0.15) is 5.56 Å². The molecular formula is C13H8F3N3. The number of fused-ring (bicyclic) bond motifs is 1. The molecule has 0 aliphatic heterocycles. The molecule has 0 N–H and O–H groups in total. The third-order valence-electron chi connectivity index (χ3n) is 2.83. The molecule has 0 spiro atoms. The van der Waals surface area contributed by atoms with Gasteiger partial charge in [-0.1, -0.05) is 6.07 Å². The number of benzene rings is 1. The Bertz CT molecular complexity index is 717. The molecule has 0 aliphatic rings. The average Bonchev–Trinajstić information content (AvgIpc) is 2.81. The Balaban J connectivity index is 2.22. The molecule has 0 fully saturated rings. The Labute approximate surface area is 106 Å². The van der Waals surface area contributed by atoms with Crippen LogP contribution in [0.2, 0.25) is 0 Å². The number of alkyl halides is 3. The van der Waals surface area contributed by atoms with Gasteiger partial charge in [-0.25, -0.2) is 0 Å². The maximum absolute atomic E-state index is 12.7. The summed E-state index contributed by atoms with van der Waals surface area (Å²) in [6.07, 6.45) is -1.17. The van der Waals surface area contributed by atoms with Gasteiger partial charge in [0.2, 0.25) is 0 Å². The van der Waals surface area contributed by atoms with Crippen LogP contribution < -0.4 is 0 Å². The van der Waals surface area contributed by atoms with Crippen molar-refractivity contribution >= 4 is 10.9 Å². The third-order valence-corrected chi connectivity index (χ3v) is 2.83. The summed E-state index contributed by atoms with van der Waals surface area (Å²) >= 11 is 0. The molecule has 3 aromatic rings. The predicted octanol–water partition coefficient (Wildman–Crippen LogP) is 3.44. The molecule has 2 aromatic heterocycles. The van der Waals surface area contributed by atoms with Gasteiger partial charge in [-0.05, 0) is 30.3 Å². The largest absolute Gasteiger partial charge is 0.416 e. The molecule has 0 aliphatic carbocycles. The SMILES string of the molecule is FC(F)(F)c1ccc2ccn(-c3cccnn3)c2c1. The van der Waals surface area contributed by atoms with Crippen molar-refractivity contribution in [1.29, 1.82) is 0 Å². The molecule has 19 heavy (non-hydrogen) atoms. The second kappa shape index (κ2) is 4.08. The van der Waals surface area contributed by atoms with Gasteiger partial charge in [-0.3, -0.25) is 4.57 Å². The molecule has 6 heteroatoms. The van der Waals surface area contributed by atoms with Gasteiger partial charge >= 0.3 is 6.18 Å². The highest BCUT2D eigenvalue weighted by atomic mass is 19.4. The highest BCUT2D eigenvalue weighted by Crippen LogP contribution is 2.32. The third kappa shape index (κ3) is 2.05. The van der Waals surface area contributed by atoms with E-state index in [1.807, 2.05) is 0 Å². The van der Waals surface area contributed by atoms with Crippen molar-refractivity contribution in [2.45, 2.75) is 6.18 Å². The summed E-state index contributed by atoms with van der Waals surface area (Å²) in [6.45, 7) is 0. The minimum Gasteiger partial charge on any atom is -0.300 e. The Kier molecular flexibility index (Phi) is 2.51. The summed E-state index contributed by atoms with van der Waals surface area (Å²) in [5.41, 5.74) is -0.223. The average molecular weight is 263 g/mol. The van der Waals surface area contributed by atoms with Crippen LogP contribution in [-0.4, -0.2) is 14.8 Å². The molecule has 1 aromatic carbocycles. The van der Waals surface area contributed by atoms with E-state index in [0.29, 0.717) is 11.3 Å². The topological polar surface area (TPSA) is 30.7 Å². The van der Waals surface area contributed by atoms with Gasteiger partial charge in [0.15, 0.2) is 5.82 Å². The van der Waals surface area contributed by atoms with Crippen molar-refractivity contribution < 1.29 is 13.2 Å². The number of halogens is 3. The molecule has 3 rings (SSSR count). The molecule has 0 unspecified atom stereocenters. The minimum atomic E-state index is -4.36. The predicted molar refractivity (Wildman–Crippen MR) is 63.9 cm³/mol. The highest BCUT2D eigenvalue weighted by Gasteiger charge is 2.30. The van der Waals surface area contributed by atoms with Crippen molar-refractivity contribution in [2.75, 3.05) is 0 Å². The number of hydrogen-bond acceptors (Lipinski definition) is 2. The Hall–Kier alpha value is -2.37. The zero-order valence-corrected chi connectivity index (χ0v) is 9.59. The second-order valence-corrected chi connectivity index (χ2v) is 4.04. The lowest BCUT2D eigenvalue weighted by Gasteiger charge is -2.08. The van der Waals surface area contributed by atoms with Gasteiger partial charge in [-0.2, -0.15) is 18.3 Å². The fourth-order valence-corrected chi connectivity index (χ4v) is 1.93. The first-order chi connectivity index (χ1) is 9.05. The number of rotatable bonds is 1. The zero-order chi connectivity index (χ0) is 13.5. The number of hydrogen-bond donors (Lipinski definition) is 0. The van der Waals surface area contributed by atoms with E-state index in [4.69, 9.17) is 0 Å². The maximum Gasteiger partial charge on any atom is 0.416 e. The van der Waals surface area contributed by atoms with Gasteiger partial charge in [-0.15, -0.1) is 5.10 Å². The van der Waals surface area contributed by atoms with Gasteiger partial charge in [0.1, 0.15) is 0 Å². The van der Waals surface area contributed by atoms with Gasteiger partial charge < -0.3 is 0 Å². The van der Waals surface area contributed by atoms with Crippen LogP contribution in [0, 0.1) is 0 Å². The van der Waals surface area contributed by atoms with Crippen LogP contribution >= 0.6 is 0 Å². The maximum atomic E-state index is 12.7. The normalized spacial score (nSPS) is 11.9. The van der Waals surface area contributed by atoms with E-state index in [1.165, 1.54) is 12.3 Å². The van der Waals surface area contributed by atoms with Crippen molar-refractivity contribution in [3.63, 3.8) is 0 Å². The van der Waals surface area contributed by atoms with Crippen LogP contribution in [0.15, 0.2) is 48.8 Å². The molecule has 0 bridgehead atoms. The quantitative estimate of drug-likeness (QED) is 0.673. The lowest BCUT2D eigenvalue weighted by molar-refractivity contribution is -0.137. The molecule has 96 valence electrons. The van der Waals surface area contributed by atoms with Crippen LogP contribution in [0.3, 0.4) is 0 Å². The Morgan fingerprint density at radius 3 is 2.58 bits per heavy atom. The zero-order valence-electron chi connectivity index (χ0n) is 9.59. The van der Waals surface area contributed by atoms with Crippen LogP contribution in [0.4, 0.5) is 13.2 Å². The molecule has 0 amide bonds. The molecule has 0 radical (unpaired) electrons. The van der Waals surface area contributed by atoms with E-state index in [0.717, 1.165) is 17.5 Å². The molecule has 0 saturated heterocycles. The summed E-state index contributed by atoms with van der Waals surface area (Å²) in [4.78, 5) is 0. The molecule has 0 atom stereocenters. The van der Waals surface area contributed by atoms with Crippen LogP contribution in [0.25, 0.3) is 16.7 Å². The van der Waals surface area contributed by atoms with Gasteiger partial charge in [0.05, 0.1) is 11.1 Å². The standard InChI is InChI=1S/C13H8F3N3/c14-13(15,16)10-4-3-9-5-7-19(11(9)8-10)12-2-1-6-17-18-12/h1-8H. The summed E-state index contributed by atoms with van der Waals surface area (Å²) in [5, 5.41) is 8.34. The van der Waals surface area contributed by atoms with E-state index in [-0.39, 0.29) is 0 Å². The Morgan fingerprint density at radius 2 is 1.89 bits per heavy atom. The first kappa shape index (κ1) is 11.7. The fourth-order valence-electron chi connectivity index (χ4n) is 1.93. The first-order valence-electron chi connectivity index (χ1n) is 5.52. The van der Waals surface area contributed by atoms with Crippen molar-refractivity contribution in [3.8, 4) is 5.82 Å². The minimum absolute atomic E-state index is 0.454. The molecule has 3 nitrogen and oxygen atoms in total. The van der Waals surface area contributed by atoms with Gasteiger partial charge in [0, 0.05) is 17.8 Å². The lowest BCUT2D eigenvalue weighted by Crippen LogP contribution is -2.05. The van der Waals surface area contributed by atoms with Gasteiger partial charge in [0.25, 0.3) is 0 Å². The van der Waals surface area contributed by atoms with E-state index >= 15 is 0 Å². The van der Waals surface area contributed by atoms with Crippen LogP contribution in [0.5, 0.6) is 0 Å². The first-order valence-corrected chi connectivity index (χ1v) is 5.52. The van der Waals surface area contributed by atoms with E-state index in [2.05, 4.69) is 10.2 Å².